The summed E-state index contributed by atoms with van der Waals surface area (Å²) < 4.78 is 24.7. The number of rotatable bonds is 2. The van der Waals surface area contributed by atoms with Crippen molar-refractivity contribution >= 4 is 5.78 Å². The van der Waals surface area contributed by atoms with Gasteiger partial charge in [0.25, 0.3) is 6.43 Å². The third kappa shape index (κ3) is 2.11. The minimum atomic E-state index is -2.51. The number of benzene rings is 1. The van der Waals surface area contributed by atoms with E-state index in [-0.39, 0.29) is 11.3 Å². The molecular weight excluding hydrogens is 174 g/mol. The summed E-state index contributed by atoms with van der Waals surface area (Å²) in [6.07, 6.45) is -2.51. The monoisotopic (exact) mass is 184 g/mol. The molecule has 1 aromatic carbocycles. The Labute approximate surface area is 75.4 Å². The largest absolute Gasteiger partial charge is 0.295 e. The summed E-state index contributed by atoms with van der Waals surface area (Å²) in [6.45, 7) is 2.96. The van der Waals surface area contributed by atoms with Gasteiger partial charge in [-0.15, -0.1) is 0 Å². The van der Waals surface area contributed by atoms with Crippen LogP contribution in [0.5, 0.6) is 0 Å². The Morgan fingerprint density at radius 3 is 2.46 bits per heavy atom. The normalized spacial score (nSPS) is 10.5. The first-order valence-electron chi connectivity index (χ1n) is 3.92. The van der Waals surface area contributed by atoms with Crippen molar-refractivity contribution in [2.45, 2.75) is 20.3 Å². The molecule has 0 aromatic heterocycles. The maximum absolute atomic E-state index is 12.4. The number of ketones is 1. The van der Waals surface area contributed by atoms with E-state index in [1.54, 1.807) is 13.0 Å². The van der Waals surface area contributed by atoms with Crippen LogP contribution >= 0.6 is 0 Å². The molecule has 0 aliphatic carbocycles. The third-order valence-corrected chi connectivity index (χ3v) is 1.92. The van der Waals surface area contributed by atoms with Crippen LogP contribution < -0.4 is 0 Å². The maximum atomic E-state index is 12.4. The lowest BCUT2D eigenvalue weighted by molar-refractivity contribution is 0.101. The molecule has 1 aromatic rings. The van der Waals surface area contributed by atoms with Crippen LogP contribution in [0.15, 0.2) is 18.2 Å². The van der Waals surface area contributed by atoms with Crippen LogP contribution in [-0.2, 0) is 0 Å². The molecule has 1 rings (SSSR count). The lowest BCUT2D eigenvalue weighted by Crippen LogP contribution is -1.96. The summed E-state index contributed by atoms with van der Waals surface area (Å²) in [5.74, 6) is -0.193. The van der Waals surface area contributed by atoms with Gasteiger partial charge in [0, 0.05) is 11.1 Å². The summed E-state index contributed by atoms with van der Waals surface area (Å²) >= 11 is 0. The molecule has 0 bridgehead atoms. The molecule has 0 amide bonds. The van der Waals surface area contributed by atoms with E-state index in [0.29, 0.717) is 11.1 Å². The zero-order valence-electron chi connectivity index (χ0n) is 7.47. The molecule has 0 saturated carbocycles. The van der Waals surface area contributed by atoms with Crippen molar-refractivity contribution in [1.29, 1.82) is 0 Å². The van der Waals surface area contributed by atoms with Gasteiger partial charge in [0.15, 0.2) is 5.78 Å². The second kappa shape index (κ2) is 3.64. The number of carbonyl (C=O) groups is 1. The quantitative estimate of drug-likeness (QED) is 0.645. The van der Waals surface area contributed by atoms with Crippen molar-refractivity contribution in [2.75, 3.05) is 0 Å². The van der Waals surface area contributed by atoms with Gasteiger partial charge in [-0.2, -0.15) is 0 Å². The predicted octanol–water partition coefficient (Wildman–Crippen LogP) is 3.14. The number of aryl methyl sites for hydroxylation is 1. The zero-order chi connectivity index (χ0) is 10.0. The molecule has 70 valence electrons. The lowest BCUT2D eigenvalue weighted by Gasteiger charge is -2.05. The fraction of sp³-hybridized carbons (Fsp3) is 0.300. The van der Waals surface area contributed by atoms with Crippen LogP contribution in [0.2, 0.25) is 0 Å². The van der Waals surface area contributed by atoms with E-state index >= 15 is 0 Å². The Kier molecular flexibility index (Phi) is 2.76. The summed E-state index contributed by atoms with van der Waals surface area (Å²) in [5, 5.41) is 0. The van der Waals surface area contributed by atoms with E-state index in [4.69, 9.17) is 0 Å². The second-order valence-electron chi connectivity index (χ2n) is 2.93. The molecule has 0 spiro atoms. The van der Waals surface area contributed by atoms with Crippen molar-refractivity contribution in [2.24, 2.45) is 0 Å². The van der Waals surface area contributed by atoms with Gasteiger partial charge in [0.05, 0.1) is 0 Å². The van der Waals surface area contributed by atoms with Gasteiger partial charge < -0.3 is 0 Å². The van der Waals surface area contributed by atoms with Crippen LogP contribution in [0.4, 0.5) is 8.78 Å². The summed E-state index contributed by atoms with van der Waals surface area (Å²) in [7, 11) is 0. The highest BCUT2D eigenvalue weighted by molar-refractivity contribution is 5.94. The lowest BCUT2D eigenvalue weighted by atomic mass is 10.0. The number of halogens is 2. The zero-order valence-corrected chi connectivity index (χ0v) is 7.47. The number of hydrogen-bond acceptors (Lipinski definition) is 1. The second-order valence-corrected chi connectivity index (χ2v) is 2.93. The maximum Gasteiger partial charge on any atom is 0.264 e. The minimum absolute atomic E-state index is 0.0623. The van der Waals surface area contributed by atoms with Crippen LogP contribution in [0.1, 0.15) is 34.8 Å². The van der Waals surface area contributed by atoms with E-state index in [2.05, 4.69) is 0 Å². The molecule has 1 nitrogen and oxygen atoms in total. The van der Waals surface area contributed by atoms with Crippen molar-refractivity contribution in [1.82, 2.24) is 0 Å². The number of Topliss-reactive ketones (excluding diaryl/α,β-unsaturated/α-hetero) is 1. The van der Waals surface area contributed by atoms with E-state index in [1.807, 2.05) is 0 Å². The van der Waals surface area contributed by atoms with Gasteiger partial charge in [-0.1, -0.05) is 12.1 Å². The Bertz CT molecular complexity index is 332. The SMILES string of the molecule is CC(=O)c1ccc(C)c(C(F)F)c1. The molecule has 0 N–H and O–H groups in total. The number of hydrogen-bond donors (Lipinski definition) is 0. The van der Waals surface area contributed by atoms with Crippen molar-refractivity contribution in [3.05, 3.63) is 34.9 Å². The number of alkyl halides is 2. The molecule has 0 fully saturated rings. The highest BCUT2D eigenvalue weighted by atomic mass is 19.3. The van der Waals surface area contributed by atoms with Crippen LogP contribution in [0.25, 0.3) is 0 Å². The summed E-state index contributed by atoms with van der Waals surface area (Å²) in [4.78, 5) is 10.9. The van der Waals surface area contributed by atoms with E-state index in [9.17, 15) is 13.6 Å². The van der Waals surface area contributed by atoms with Gasteiger partial charge in [0.2, 0.25) is 0 Å². The predicted molar refractivity (Wildman–Crippen MR) is 46.1 cm³/mol. The third-order valence-electron chi connectivity index (χ3n) is 1.92. The first-order valence-corrected chi connectivity index (χ1v) is 3.92. The Balaban J connectivity index is 3.19. The molecule has 0 saturated heterocycles. The van der Waals surface area contributed by atoms with Crippen molar-refractivity contribution in [3.63, 3.8) is 0 Å². The van der Waals surface area contributed by atoms with E-state index in [0.717, 1.165) is 0 Å². The first kappa shape index (κ1) is 9.84. The molecule has 0 unspecified atom stereocenters. The Hall–Kier alpha value is -1.25. The first-order chi connectivity index (χ1) is 6.02. The van der Waals surface area contributed by atoms with Gasteiger partial charge >= 0.3 is 0 Å². The van der Waals surface area contributed by atoms with Crippen molar-refractivity contribution < 1.29 is 13.6 Å². The van der Waals surface area contributed by atoms with Gasteiger partial charge in [-0.05, 0) is 25.5 Å². The van der Waals surface area contributed by atoms with E-state index < -0.39 is 6.43 Å². The number of carbonyl (C=O) groups excluding carboxylic acids is 1. The van der Waals surface area contributed by atoms with Gasteiger partial charge in [-0.25, -0.2) is 8.78 Å². The standard InChI is InChI=1S/C10H10F2O/c1-6-3-4-8(7(2)13)5-9(6)10(11)12/h3-5,10H,1-2H3. The van der Waals surface area contributed by atoms with Crippen molar-refractivity contribution in [3.8, 4) is 0 Å². The van der Waals surface area contributed by atoms with Crippen LogP contribution in [0, 0.1) is 6.92 Å². The molecule has 0 atom stereocenters. The molecule has 3 heteroatoms. The van der Waals surface area contributed by atoms with Crippen LogP contribution in [0.3, 0.4) is 0 Å². The Morgan fingerprint density at radius 2 is 2.00 bits per heavy atom. The molecule has 13 heavy (non-hydrogen) atoms. The minimum Gasteiger partial charge on any atom is -0.295 e. The molecule has 0 radical (unpaired) electrons. The highest BCUT2D eigenvalue weighted by Gasteiger charge is 2.11. The fourth-order valence-corrected chi connectivity index (χ4v) is 1.09. The molecular formula is C10H10F2O. The molecule has 0 aliphatic rings. The average Bonchev–Trinajstić information content (AvgIpc) is 2.04. The summed E-state index contributed by atoms with van der Waals surface area (Å²) in [5.41, 5.74) is 0.786. The van der Waals surface area contributed by atoms with E-state index in [1.165, 1.54) is 19.1 Å². The average molecular weight is 184 g/mol. The summed E-state index contributed by atoms with van der Waals surface area (Å²) in [6, 6.07) is 4.35. The molecule has 0 aliphatic heterocycles. The van der Waals surface area contributed by atoms with Gasteiger partial charge in [0.1, 0.15) is 0 Å². The fourth-order valence-electron chi connectivity index (χ4n) is 1.09. The highest BCUT2D eigenvalue weighted by Crippen LogP contribution is 2.23. The topological polar surface area (TPSA) is 17.1 Å². The Morgan fingerprint density at radius 1 is 1.38 bits per heavy atom. The van der Waals surface area contributed by atoms with Crippen LogP contribution in [-0.4, -0.2) is 5.78 Å². The van der Waals surface area contributed by atoms with Gasteiger partial charge in [-0.3, -0.25) is 4.79 Å². The smallest absolute Gasteiger partial charge is 0.264 e. The molecule has 0 heterocycles.